The molecule has 1 aliphatic carbocycles. The SMILES string of the molecule is COc1cc(F)ccc1-c1nccn1[C@@H]1CCC[C@H](CO)C1. The Labute approximate surface area is 129 Å². The highest BCUT2D eigenvalue weighted by atomic mass is 19.1. The molecule has 1 N–H and O–H groups in total. The van der Waals surface area contributed by atoms with Gasteiger partial charge in [-0.25, -0.2) is 9.37 Å². The van der Waals surface area contributed by atoms with Gasteiger partial charge in [-0.1, -0.05) is 6.42 Å². The van der Waals surface area contributed by atoms with E-state index in [1.807, 2.05) is 6.20 Å². The molecule has 1 heterocycles. The Morgan fingerprint density at radius 3 is 3.05 bits per heavy atom. The number of aliphatic hydroxyl groups excluding tert-OH is 1. The number of hydrogen-bond acceptors (Lipinski definition) is 3. The number of nitrogens with zero attached hydrogens (tertiary/aromatic N) is 2. The van der Waals surface area contributed by atoms with Crippen molar-refractivity contribution in [2.75, 3.05) is 13.7 Å². The van der Waals surface area contributed by atoms with Crippen LogP contribution in [0.15, 0.2) is 30.6 Å². The highest BCUT2D eigenvalue weighted by Gasteiger charge is 2.25. The molecule has 0 radical (unpaired) electrons. The average molecular weight is 304 g/mol. The molecule has 1 saturated carbocycles. The normalized spacial score (nSPS) is 21.8. The lowest BCUT2D eigenvalue weighted by Crippen LogP contribution is -2.21. The van der Waals surface area contributed by atoms with E-state index >= 15 is 0 Å². The van der Waals surface area contributed by atoms with Gasteiger partial charge in [0.2, 0.25) is 0 Å². The minimum Gasteiger partial charge on any atom is -0.496 e. The topological polar surface area (TPSA) is 47.3 Å². The van der Waals surface area contributed by atoms with Crippen molar-refractivity contribution in [2.24, 2.45) is 5.92 Å². The van der Waals surface area contributed by atoms with Crippen LogP contribution in [0, 0.1) is 11.7 Å². The van der Waals surface area contributed by atoms with Crippen molar-refractivity contribution in [1.82, 2.24) is 9.55 Å². The number of halogens is 1. The first kappa shape index (κ1) is 15.0. The molecule has 0 bridgehead atoms. The maximum Gasteiger partial charge on any atom is 0.143 e. The maximum absolute atomic E-state index is 13.4. The number of benzene rings is 1. The van der Waals surface area contributed by atoms with Gasteiger partial charge in [0.15, 0.2) is 0 Å². The van der Waals surface area contributed by atoms with Crippen molar-refractivity contribution >= 4 is 0 Å². The average Bonchev–Trinajstić information content (AvgIpc) is 3.04. The summed E-state index contributed by atoms with van der Waals surface area (Å²) >= 11 is 0. The first-order valence-corrected chi connectivity index (χ1v) is 7.70. The van der Waals surface area contributed by atoms with Crippen LogP contribution in [0.4, 0.5) is 4.39 Å². The molecule has 0 saturated heterocycles. The fourth-order valence-electron chi connectivity index (χ4n) is 3.35. The lowest BCUT2D eigenvalue weighted by Gasteiger charge is -2.30. The van der Waals surface area contributed by atoms with E-state index in [1.165, 1.54) is 19.2 Å². The summed E-state index contributed by atoms with van der Waals surface area (Å²) in [5, 5.41) is 9.42. The minimum absolute atomic E-state index is 0.237. The van der Waals surface area contributed by atoms with Crippen molar-refractivity contribution in [3.8, 4) is 17.1 Å². The van der Waals surface area contributed by atoms with Crippen LogP contribution in [0.3, 0.4) is 0 Å². The van der Waals surface area contributed by atoms with E-state index < -0.39 is 0 Å². The Kier molecular flexibility index (Phi) is 4.43. The predicted octanol–water partition coefficient (Wildman–Crippen LogP) is 3.42. The Hall–Kier alpha value is -1.88. The smallest absolute Gasteiger partial charge is 0.143 e. The summed E-state index contributed by atoms with van der Waals surface area (Å²) < 4.78 is 20.8. The van der Waals surface area contributed by atoms with Gasteiger partial charge in [-0.15, -0.1) is 0 Å². The second-order valence-electron chi connectivity index (χ2n) is 5.87. The highest BCUT2D eigenvalue weighted by Crippen LogP contribution is 2.37. The summed E-state index contributed by atoms with van der Waals surface area (Å²) in [5.41, 5.74) is 0.792. The Balaban J connectivity index is 1.95. The summed E-state index contributed by atoms with van der Waals surface area (Å²) in [4.78, 5) is 4.45. The molecule has 0 spiro atoms. The molecule has 1 aromatic heterocycles. The number of aliphatic hydroxyl groups is 1. The fourth-order valence-corrected chi connectivity index (χ4v) is 3.35. The molecule has 2 aromatic rings. The predicted molar refractivity (Wildman–Crippen MR) is 82.3 cm³/mol. The van der Waals surface area contributed by atoms with Crippen LogP contribution in [-0.2, 0) is 0 Å². The van der Waals surface area contributed by atoms with Crippen LogP contribution in [0.5, 0.6) is 5.75 Å². The largest absolute Gasteiger partial charge is 0.496 e. The molecule has 2 atom stereocenters. The lowest BCUT2D eigenvalue weighted by molar-refractivity contribution is 0.163. The van der Waals surface area contributed by atoms with E-state index in [-0.39, 0.29) is 12.4 Å². The molecule has 5 heteroatoms. The van der Waals surface area contributed by atoms with Crippen LogP contribution in [0.2, 0.25) is 0 Å². The summed E-state index contributed by atoms with van der Waals surface area (Å²) in [7, 11) is 1.54. The lowest BCUT2D eigenvalue weighted by atomic mass is 9.86. The van der Waals surface area contributed by atoms with Gasteiger partial charge in [0.05, 0.1) is 12.7 Å². The van der Waals surface area contributed by atoms with Crippen molar-refractivity contribution in [3.05, 3.63) is 36.4 Å². The molecule has 3 rings (SSSR count). The summed E-state index contributed by atoms with van der Waals surface area (Å²) in [6.45, 7) is 0.237. The third kappa shape index (κ3) is 2.86. The number of imidazole rings is 1. The third-order valence-electron chi connectivity index (χ3n) is 4.48. The first-order valence-electron chi connectivity index (χ1n) is 7.70. The third-order valence-corrected chi connectivity index (χ3v) is 4.48. The van der Waals surface area contributed by atoms with Crippen molar-refractivity contribution in [3.63, 3.8) is 0 Å². The van der Waals surface area contributed by atoms with E-state index in [0.717, 1.165) is 37.1 Å². The Bertz CT molecular complexity index is 641. The van der Waals surface area contributed by atoms with E-state index in [0.29, 0.717) is 17.7 Å². The van der Waals surface area contributed by atoms with Gasteiger partial charge in [-0.2, -0.15) is 0 Å². The highest BCUT2D eigenvalue weighted by molar-refractivity contribution is 5.64. The Morgan fingerprint density at radius 2 is 2.27 bits per heavy atom. The second kappa shape index (κ2) is 6.48. The zero-order chi connectivity index (χ0) is 15.5. The van der Waals surface area contributed by atoms with Crippen LogP contribution < -0.4 is 4.74 Å². The molecular formula is C17H21FN2O2. The van der Waals surface area contributed by atoms with Crippen LogP contribution in [0.1, 0.15) is 31.7 Å². The minimum atomic E-state index is -0.322. The molecule has 1 aromatic carbocycles. The molecule has 0 amide bonds. The van der Waals surface area contributed by atoms with Gasteiger partial charge in [0.1, 0.15) is 17.4 Å². The molecule has 1 aliphatic rings. The van der Waals surface area contributed by atoms with E-state index in [9.17, 15) is 9.50 Å². The molecular weight excluding hydrogens is 283 g/mol. The number of ether oxygens (including phenoxy) is 1. The molecule has 22 heavy (non-hydrogen) atoms. The molecule has 0 aliphatic heterocycles. The van der Waals surface area contributed by atoms with Crippen molar-refractivity contribution in [2.45, 2.75) is 31.7 Å². The zero-order valence-electron chi connectivity index (χ0n) is 12.7. The zero-order valence-corrected chi connectivity index (χ0v) is 12.7. The van der Waals surface area contributed by atoms with Crippen LogP contribution >= 0.6 is 0 Å². The van der Waals surface area contributed by atoms with Crippen LogP contribution in [0.25, 0.3) is 11.4 Å². The standard InChI is InChI=1S/C17H21FN2O2/c1-22-16-10-13(18)5-6-15(16)17-19-7-8-20(17)14-4-2-3-12(9-14)11-21/h5-8,10,12,14,21H,2-4,9,11H2,1H3/t12-,14+/m0/s1. The van der Waals surface area contributed by atoms with Gasteiger partial charge in [-0.3, -0.25) is 0 Å². The Morgan fingerprint density at radius 1 is 1.41 bits per heavy atom. The van der Waals surface area contributed by atoms with Crippen molar-refractivity contribution in [1.29, 1.82) is 0 Å². The summed E-state index contributed by atoms with van der Waals surface area (Å²) in [6, 6.07) is 4.83. The monoisotopic (exact) mass is 304 g/mol. The number of rotatable bonds is 4. The van der Waals surface area contributed by atoms with Gasteiger partial charge in [0.25, 0.3) is 0 Å². The maximum atomic E-state index is 13.4. The van der Waals surface area contributed by atoms with E-state index in [2.05, 4.69) is 9.55 Å². The number of methoxy groups -OCH3 is 1. The van der Waals surface area contributed by atoms with Gasteiger partial charge >= 0.3 is 0 Å². The quantitative estimate of drug-likeness (QED) is 0.941. The molecule has 118 valence electrons. The molecule has 0 unspecified atom stereocenters. The number of aromatic nitrogens is 2. The van der Waals surface area contributed by atoms with Gasteiger partial charge < -0.3 is 14.4 Å². The van der Waals surface area contributed by atoms with Crippen LogP contribution in [-0.4, -0.2) is 28.4 Å². The summed E-state index contributed by atoms with van der Waals surface area (Å²) in [5.74, 6) is 1.31. The second-order valence-corrected chi connectivity index (χ2v) is 5.87. The summed E-state index contributed by atoms with van der Waals surface area (Å²) in [6.07, 6.45) is 7.93. The van der Waals surface area contributed by atoms with E-state index in [4.69, 9.17) is 4.74 Å². The van der Waals surface area contributed by atoms with Gasteiger partial charge in [0, 0.05) is 31.1 Å². The fraction of sp³-hybridized carbons (Fsp3) is 0.471. The first-order chi connectivity index (χ1) is 10.7. The molecule has 1 fully saturated rings. The van der Waals surface area contributed by atoms with Gasteiger partial charge in [-0.05, 0) is 37.3 Å². The van der Waals surface area contributed by atoms with Crippen molar-refractivity contribution < 1.29 is 14.2 Å². The number of hydrogen-bond donors (Lipinski definition) is 1. The molecule has 4 nitrogen and oxygen atoms in total. The van der Waals surface area contributed by atoms with E-state index in [1.54, 1.807) is 12.3 Å².